The van der Waals surface area contributed by atoms with E-state index in [-0.39, 0.29) is 5.38 Å². The van der Waals surface area contributed by atoms with Gasteiger partial charge in [-0.3, -0.25) is 0 Å². The molecule has 0 rings (SSSR count). The minimum atomic E-state index is 0.284. The Kier molecular flexibility index (Phi) is 7.69. The van der Waals surface area contributed by atoms with Crippen LogP contribution in [0.1, 0.15) is 52.9 Å². The smallest absolute Gasteiger partial charge is 0.0545 e. The van der Waals surface area contributed by atoms with Gasteiger partial charge in [0.05, 0.1) is 5.38 Å². The Morgan fingerprint density at radius 3 is 2.33 bits per heavy atom. The maximum atomic E-state index is 6.21. The molecule has 0 bridgehead atoms. The molecule has 12 heavy (non-hydrogen) atoms. The molecule has 0 N–H and O–H groups in total. The molecule has 0 aliphatic rings. The fraction of sp³-hybridized carbons (Fsp3) is 0.818. The first kappa shape index (κ1) is 12.0. The van der Waals surface area contributed by atoms with E-state index in [1.807, 2.05) is 0 Å². The summed E-state index contributed by atoms with van der Waals surface area (Å²) in [6.07, 6.45) is 8.11. The molecule has 1 heteroatoms. The van der Waals surface area contributed by atoms with Crippen LogP contribution in [0, 0.1) is 0 Å². The Hall–Kier alpha value is 0.0300. The number of hydrogen-bond donors (Lipinski definition) is 0. The van der Waals surface area contributed by atoms with Gasteiger partial charge in [0.1, 0.15) is 0 Å². The number of hydrogen-bond acceptors (Lipinski definition) is 0. The van der Waals surface area contributed by atoms with Crippen molar-refractivity contribution in [3.05, 3.63) is 11.6 Å². The van der Waals surface area contributed by atoms with Crippen LogP contribution in [0.5, 0.6) is 0 Å². The van der Waals surface area contributed by atoms with Crippen LogP contribution in [0.4, 0.5) is 0 Å². The van der Waals surface area contributed by atoms with Gasteiger partial charge in [-0.2, -0.15) is 0 Å². The van der Waals surface area contributed by atoms with Crippen LogP contribution in [0.3, 0.4) is 0 Å². The van der Waals surface area contributed by atoms with Crippen LogP contribution in [0.15, 0.2) is 11.6 Å². The van der Waals surface area contributed by atoms with E-state index in [1.54, 1.807) is 0 Å². The van der Waals surface area contributed by atoms with Gasteiger partial charge in [-0.1, -0.05) is 45.3 Å². The Bertz CT molecular complexity index is 127. The summed E-state index contributed by atoms with van der Waals surface area (Å²) in [6, 6.07) is 0. The third kappa shape index (κ3) is 4.82. The van der Waals surface area contributed by atoms with Crippen molar-refractivity contribution in [3.8, 4) is 0 Å². The number of unbranched alkanes of at least 4 members (excludes halogenated alkanes) is 1. The highest BCUT2D eigenvalue weighted by Gasteiger charge is 2.06. The second-order valence-electron chi connectivity index (χ2n) is 3.18. The molecule has 0 aliphatic carbocycles. The van der Waals surface area contributed by atoms with Gasteiger partial charge in [-0.15, -0.1) is 11.6 Å². The Labute approximate surface area is 82.0 Å². The molecule has 1 atom stereocenters. The predicted octanol–water partition coefficient (Wildman–Crippen LogP) is 4.53. The van der Waals surface area contributed by atoms with Crippen LogP contribution in [0.2, 0.25) is 0 Å². The van der Waals surface area contributed by atoms with E-state index < -0.39 is 0 Å². The average Bonchev–Trinajstić information content (AvgIpc) is 2.06. The molecule has 0 aromatic heterocycles. The van der Waals surface area contributed by atoms with Crippen molar-refractivity contribution in [1.29, 1.82) is 0 Å². The number of rotatable bonds is 6. The normalized spacial score (nSPS) is 14.8. The summed E-state index contributed by atoms with van der Waals surface area (Å²) < 4.78 is 0. The van der Waals surface area contributed by atoms with E-state index in [2.05, 4.69) is 26.8 Å². The van der Waals surface area contributed by atoms with Crippen molar-refractivity contribution >= 4 is 11.6 Å². The van der Waals surface area contributed by atoms with Crippen molar-refractivity contribution in [3.63, 3.8) is 0 Å². The van der Waals surface area contributed by atoms with Gasteiger partial charge in [0, 0.05) is 0 Å². The zero-order chi connectivity index (χ0) is 9.40. The molecule has 0 nitrogen and oxygen atoms in total. The van der Waals surface area contributed by atoms with E-state index in [0.29, 0.717) is 0 Å². The van der Waals surface area contributed by atoms with Gasteiger partial charge in [0.15, 0.2) is 0 Å². The lowest BCUT2D eigenvalue weighted by molar-refractivity contribution is 0.765. The lowest BCUT2D eigenvalue weighted by atomic mass is 10.0. The molecule has 72 valence electrons. The molecule has 0 saturated heterocycles. The maximum absolute atomic E-state index is 6.21. The molecular weight excluding hydrogens is 168 g/mol. The largest absolute Gasteiger partial charge is 0.118 e. The van der Waals surface area contributed by atoms with Gasteiger partial charge in [-0.25, -0.2) is 0 Å². The Balaban J connectivity index is 3.94. The summed E-state index contributed by atoms with van der Waals surface area (Å²) in [7, 11) is 0. The molecule has 0 saturated carbocycles. The fourth-order valence-corrected chi connectivity index (χ4v) is 1.72. The van der Waals surface area contributed by atoms with Gasteiger partial charge in [0.2, 0.25) is 0 Å². The summed E-state index contributed by atoms with van der Waals surface area (Å²) in [4.78, 5) is 0. The summed E-state index contributed by atoms with van der Waals surface area (Å²) in [5.74, 6) is 0. The molecule has 0 fully saturated rings. The minimum Gasteiger partial charge on any atom is -0.118 e. The van der Waals surface area contributed by atoms with Crippen LogP contribution >= 0.6 is 11.6 Å². The summed E-state index contributed by atoms with van der Waals surface area (Å²) in [6.45, 7) is 6.57. The molecular formula is C11H21Cl. The predicted molar refractivity (Wildman–Crippen MR) is 57.8 cm³/mol. The minimum absolute atomic E-state index is 0.284. The summed E-state index contributed by atoms with van der Waals surface area (Å²) >= 11 is 6.21. The second-order valence-corrected chi connectivity index (χ2v) is 3.70. The average molecular weight is 189 g/mol. The standard InChI is InChI=1S/C11H21Cl/c1-4-7-9-10(6-3)11(12)8-5-2/h9,11H,4-8H2,1-3H3/b10-9-. The van der Waals surface area contributed by atoms with Gasteiger partial charge >= 0.3 is 0 Å². The molecule has 0 heterocycles. The topological polar surface area (TPSA) is 0 Å². The van der Waals surface area contributed by atoms with Crippen molar-refractivity contribution in [2.24, 2.45) is 0 Å². The highest BCUT2D eigenvalue weighted by atomic mass is 35.5. The SMILES string of the molecule is CCC/C=C(/CC)C(Cl)CCC. The summed E-state index contributed by atoms with van der Waals surface area (Å²) in [5.41, 5.74) is 1.43. The van der Waals surface area contributed by atoms with Crippen molar-refractivity contribution < 1.29 is 0 Å². The highest BCUT2D eigenvalue weighted by Crippen LogP contribution is 2.19. The molecule has 1 unspecified atom stereocenters. The van der Waals surface area contributed by atoms with E-state index in [9.17, 15) is 0 Å². The quantitative estimate of drug-likeness (QED) is 0.425. The molecule has 0 radical (unpaired) electrons. The first-order valence-electron chi connectivity index (χ1n) is 5.09. The monoisotopic (exact) mass is 188 g/mol. The molecule has 0 aliphatic heterocycles. The maximum Gasteiger partial charge on any atom is 0.0545 e. The zero-order valence-corrected chi connectivity index (χ0v) is 9.32. The van der Waals surface area contributed by atoms with Crippen LogP contribution in [-0.2, 0) is 0 Å². The van der Waals surface area contributed by atoms with Crippen LogP contribution in [-0.4, -0.2) is 5.38 Å². The van der Waals surface area contributed by atoms with E-state index in [1.165, 1.54) is 24.8 Å². The zero-order valence-electron chi connectivity index (χ0n) is 8.57. The Morgan fingerprint density at radius 2 is 1.92 bits per heavy atom. The Morgan fingerprint density at radius 1 is 1.25 bits per heavy atom. The lowest BCUT2D eigenvalue weighted by Gasteiger charge is -2.11. The number of alkyl halides is 1. The van der Waals surface area contributed by atoms with Crippen molar-refractivity contribution in [1.82, 2.24) is 0 Å². The third-order valence-corrected chi connectivity index (χ3v) is 2.55. The first-order chi connectivity index (χ1) is 5.76. The van der Waals surface area contributed by atoms with E-state index in [4.69, 9.17) is 11.6 Å². The van der Waals surface area contributed by atoms with Gasteiger partial charge in [-0.05, 0) is 19.3 Å². The molecule has 0 spiro atoms. The van der Waals surface area contributed by atoms with Crippen LogP contribution in [0.25, 0.3) is 0 Å². The first-order valence-corrected chi connectivity index (χ1v) is 5.52. The van der Waals surface area contributed by atoms with Crippen molar-refractivity contribution in [2.45, 2.75) is 58.3 Å². The molecule has 0 amide bonds. The van der Waals surface area contributed by atoms with Gasteiger partial charge in [0.25, 0.3) is 0 Å². The van der Waals surface area contributed by atoms with E-state index >= 15 is 0 Å². The van der Waals surface area contributed by atoms with Crippen molar-refractivity contribution in [2.75, 3.05) is 0 Å². The number of allylic oxidation sites excluding steroid dienone is 2. The lowest BCUT2D eigenvalue weighted by Crippen LogP contribution is -2.01. The fourth-order valence-electron chi connectivity index (χ4n) is 1.26. The van der Waals surface area contributed by atoms with Gasteiger partial charge < -0.3 is 0 Å². The number of halogens is 1. The second kappa shape index (κ2) is 7.67. The highest BCUT2D eigenvalue weighted by molar-refractivity contribution is 6.22. The molecule has 0 aromatic carbocycles. The summed E-state index contributed by atoms with van der Waals surface area (Å²) in [5, 5.41) is 0.284. The third-order valence-electron chi connectivity index (χ3n) is 2.05. The van der Waals surface area contributed by atoms with Crippen LogP contribution < -0.4 is 0 Å². The van der Waals surface area contributed by atoms with E-state index in [0.717, 1.165) is 12.8 Å². The molecule has 0 aromatic rings.